The number of aromatic amines is 1. The third-order valence-electron chi connectivity index (χ3n) is 4.33. The molecule has 0 aliphatic rings. The third-order valence-corrected chi connectivity index (χ3v) is 4.33. The minimum atomic E-state index is -0.382. The summed E-state index contributed by atoms with van der Waals surface area (Å²) in [5.74, 6) is 0.346. The summed E-state index contributed by atoms with van der Waals surface area (Å²) in [5, 5.41) is 1.08. The van der Waals surface area contributed by atoms with Crippen molar-refractivity contribution in [3.63, 3.8) is 0 Å². The second-order valence-electron chi connectivity index (χ2n) is 5.72. The van der Waals surface area contributed by atoms with Gasteiger partial charge in [-0.3, -0.25) is 0 Å². The quantitative estimate of drug-likeness (QED) is 0.567. The fourth-order valence-corrected chi connectivity index (χ4v) is 3.00. The summed E-state index contributed by atoms with van der Waals surface area (Å²) in [6.45, 7) is 2.10. The molecule has 0 saturated heterocycles. The molecule has 0 aliphatic carbocycles. The van der Waals surface area contributed by atoms with Crippen LogP contribution in [0.3, 0.4) is 0 Å². The Kier molecular flexibility index (Phi) is 4.16. The molecule has 1 heterocycles. The number of benzene rings is 2. The number of nitrogens with two attached hydrogens (primary N) is 1. The Morgan fingerprint density at radius 2 is 1.92 bits per heavy atom. The second-order valence-corrected chi connectivity index (χ2v) is 5.72. The lowest BCUT2D eigenvalue weighted by Gasteiger charge is -2.16. The molecular weight excluding hydrogens is 304 g/mol. The molecule has 1 unspecified atom stereocenters. The van der Waals surface area contributed by atoms with Crippen LogP contribution in [0.1, 0.15) is 34.3 Å². The van der Waals surface area contributed by atoms with Crippen LogP contribution in [-0.4, -0.2) is 25.2 Å². The fraction of sp³-hybridized carbons (Fsp3) is 0.211. The van der Waals surface area contributed by atoms with Crippen LogP contribution < -0.4 is 10.5 Å². The first kappa shape index (κ1) is 15.9. The molecule has 0 radical (unpaired) electrons. The van der Waals surface area contributed by atoms with Gasteiger partial charge in [0.25, 0.3) is 0 Å². The number of hydrogen-bond donors (Lipinski definition) is 2. The van der Waals surface area contributed by atoms with E-state index < -0.39 is 0 Å². The number of anilines is 1. The number of esters is 1. The van der Waals surface area contributed by atoms with Gasteiger partial charge in [-0.1, -0.05) is 13.0 Å². The summed E-state index contributed by atoms with van der Waals surface area (Å²) in [4.78, 5) is 15.0. The van der Waals surface area contributed by atoms with Crippen molar-refractivity contribution in [2.45, 2.75) is 12.8 Å². The van der Waals surface area contributed by atoms with Gasteiger partial charge in [0, 0.05) is 34.3 Å². The Labute approximate surface area is 140 Å². The highest BCUT2D eigenvalue weighted by Crippen LogP contribution is 2.36. The van der Waals surface area contributed by atoms with Gasteiger partial charge >= 0.3 is 5.97 Å². The standard InChI is InChI=1S/C19H20N2O3/c1-11(16-10-21-17-7-5-13(20)9-15(16)17)14-6-4-12(19(22)24-3)8-18(14)23-2/h4-11,21H,20H2,1-3H3. The molecule has 3 aromatic rings. The molecule has 5 heteroatoms. The fourth-order valence-electron chi connectivity index (χ4n) is 3.00. The molecule has 3 N–H and O–H groups in total. The van der Waals surface area contributed by atoms with Crippen LogP contribution in [0.2, 0.25) is 0 Å². The van der Waals surface area contributed by atoms with Crippen molar-refractivity contribution >= 4 is 22.6 Å². The number of fused-ring (bicyclic) bond motifs is 1. The van der Waals surface area contributed by atoms with Crippen LogP contribution in [0, 0.1) is 0 Å². The van der Waals surface area contributed by atoms with E-state index in [4.69, 9.17) is 15.2 Å². The molecule has 0 amide bonds. The summed E-state index contributed by atoms with van der Waals surface area (Å²) >= 11 is 0. The normalized spacial score (nSPS) is 12.1. The lowest BCUT2D eigenvalue weighted by Crippen LogP contribution is -2.04. The maximum Gasteiger partial charge on any atom is 0.337 e. The SMILES string of the molecule is COC(=O)c1ccc(C(C)c2c[nH]c3ccc(N)cc23)c(OC)c1. The Balaban J connectivity index is 2.07. The van der Waals surface area contributed by atoms with Crippen LogP contribution in [0.15, 0.2) is 42.6 Å². The zero-order valence-electron chi connectivity index (χ0n) is 13.9. The maximum atomic E-state index is 11.7. The van der Waals surface area contributed by atoms with E-state index in [1.807, 2.05) is 30.5 Å². The molecule has 1 atom stereocenters. The van der Waals surface area contributed by atoms with Gasteiger partial charge in [-0.15, -0.1) is 0 Å². The Morgan fingerprint density at radius 1 is 1.12 bits per heavy atom. The number of carbonyl (C=O) groups is 1. The van der Waals surface area contributed by atoms with E-state index in [1.165, 1.54) is 7.11 Å². The Hall–Kier alpha value is -2.95. The van der Waals surface area contributed by atoms with E-state index in [1.54, 1.807) is 19.2 Å². The van der Waals surface area contributed by atoms with Gasteiger partial charge in [0.05, 0.1) is 19.8 Å². The van der Waals surface area contributed by atoms with Gasteiger partial charge in [-0.05, 0) is 35.9 Å². The lowest BCUT2D eigenvalue weighted by atomic mass is 9.91. The van der Waals surface area contributed by atoms with Crippen LogP contribution in [0.4, 0.5) is 5.69 Å². The van der Waals surface area contributed by atoms with Gasteiger partial charge in [-0.2, -0.15) is 0 Å². The van der Waals surface area contributed by atoms with Crippen molar-refractivity contribution in [3.8, 4) is 5.75 Å². The van der Waals surface area contributed by atoms with Gasteiger partial charge < -0.3 is 20.2 Å². The molecular formula is C19H20N2O3. The predicted molar refractivity (Wildman–Crippen MR) is 94.6 cm³/mol. The molecule has 0 fully saturated rings. The molecule has 3 rings (SSSR count). The summed E-state index contributed by atoms with van der Waals surface area (Å²) in [6.07, 6.45) is 1.99. The number of carbonyl (C=O) groups excluding carboxylic acids is 1. The molecule has 1 aromatic heterocycles. The number of nitrogen functional groups attached to an aromatic ring is 1. The molecule has 0 spiro atoms. The average Bonchev–Trinajstić information content (AvgIpc) is 3.02. The maximum absolute atomic E-state index is 11.7. The average molecular weight is 324 g/mol. The Morgan fingerprint density at radius 3 is 2.62 bits per heavy atom. The van der Waals surface area contributed by atoms with E-state index >= 15 is 0 Å². The first-order chi connectivity index (χ1) is 11.5. The highest BCUT2D eigenvalue weighted by atomic mass is 16.5. The Bertz CT molecular complexity index is 899. The minimum absolute atomic E-state index is 0.0715. The number of rotatable bonds is 4. The van der Waals surface area contributed by atoms with Crippen molar-refractivity contribution in [1.82, 2.24) is 4.98 Å². The number of methoxy groups -OCH3 is 2. The molecule has 0 aliphatic heterocycles. The number of hydrogen-bond acceptors (Lipinski definition) is 4. The highest BCUT2D eigenvalue weighted by molar-refractivity contribution is 5.90. The van der Waals surface area contributed by atoms with Crippen LogP contribution in [0.25, 0.3) is 10.9 Å². The van der Waals surface area contributed by atoms with Crippen molar-refractivity contribution in [2.75, 3.05) is 20.0 Å². The van der Waals surface area contributed by atoms with Crippen molar-refractivity contribution in [1.29, 1.82) is 0 Å². The summed E-state index contributed by atoms with van der Waals surface area (Å²) in [5.41, 5.74) is 10.3. The van der Waals surface area contributed by atoms with Crippen molar-refractivity contribution in [3.05, 3.63) is 59.3 Å². The minimum Gasteiger partial charge on any atom is -0.496 e. The summed E-state index contributed by atoms with van der Waals surface area (Å²) in [6, 6.07) is 11.2. The topological polar surface area (TPSA) is 77.3 Å². The molecule has 5 nitrogen and oxygen atoms in total. The third kappa shape index (κ3) is 2.69. The van der Waals surface area contributed by atoms with Crippen LogP contribution >= 0.6 is 0 Å². The largest absolute Gasteiger partial charge is 0.496 e. The van der Waals surface area contributed by atoms with Gasteiger partial charge in [0.15, 0.2) is 0 Å². The van der Waals surface area contributed by atoms with E-state index in [9.17, 15) is 4.79 Å². The molecule has 0 bridgehead atoms. The zero-order chi connectivity index (χ0) is 17.3. The van der Waals surface area contributed by atoms with E-state index in [0.717, 1.165) is 27.7 Å². The summed E-state index contributed by atoms with van der Waals surface area (Å²) < 4.78 is 10.3. The van der Waals surface area contributed by atoms with Gasteiger partial charge in [0.2, 0.25) is 0 Å². The number of nitrogens with one attached hydrogen (secondary N) is 1. The first-order valence-corrected chi connectivity index (χ1v) is 7.68. The van der Waals surface area contributed by atoms with Gasteiger partial charge in [-0.25, -0.2) is 4.79 Å². The monoisotopic (exact) mass is 324 g/mol. The lowest BCUT2D eigenvalue weighted by molar-refractivity contribution is 0.0600. The van der Waals surface area contributed by atoms with Crippen molar-refractivity contribution in [2.24, 2.45) is 0 Å². The van der Waals surface area contributed by atoms with E-state index in [2.05, 4.69) is 11.9 Å². The molecule has 124 valence electrons. The van der Waals surface area contributed by atoms with Crippen LogP contribution in [-0.2, 0) is 4.74 Å². The first-order valence-electron chi connectivity index (χ1n) is 7.68. The molecule has 2 aromatic carbocycles. The highest BCUT2D eigenvalue weighted by Gasteiger charge is 2.19. The zero-order valence-corrected chi connectivity index (χ0v) is 13.9. The smallest absolute Gasteiger partial charge is 0.337 e. The van der Waals surface area contributed by atoms with Gasteiger partial charge in [0.1, 0.15) is 5.75 Å². The molecule has 0 saturated carbocycles. The van der Waals surface area contributed by atoms with Crippen molar-refractivity contribution < 1.29 is 14.3 Å². The number of ether oxygens (including phenoxy) is 2. The van der Waals surface area contributed by atoms with Crippen LogP contribution in [0.5, 0.6) is 5.75 Å². The summed E-state index contributed by atoms with van der Waals surface area (Å²) in [7, 11) is 2.96. The van der Waals surface area contributed by atoms with E-state index in [0.29, 0.717) is 11.3 Å². The number of aromatic nitrogens is 1. The second kappa shape index (κ2) is 6.28. The molecule has 24 heavy (non-hydrogen) atoms. The number of H-pyrrole nitrogens is 1. The van der Waals surface area contributed by atoms with E-state index in [-0.39, 0.29) is 11.9 Å². The predicted octanol–water partition coefficient (Wildman–Crippen LogP) is 3.70.